The molecule has 9 heteroatoms. The zero-order valence-corrected chi connectivity index (χ0v) is 22.9. The number of hydrogen-bond acceptors (Lipinski definition) is 7. The average Bonchev–Trinajstić information content (AvgIpc) is 3.48. The van der Waals surface area contributed by atoms with Crippen molar-refractivity contribution < 1.29 is 32.6 Å². The predicted octanol–water partition coefficient (Wildman–Crippen LogP) is 5.27. The smallest absolute Gasteiger partial charge is 0.244 e. The highest BCUT2D eigenvalue weighted by molar-refractivity contribution is 7.92. The standard InChI is InChI=1S/C30H35NO7S/c1-36-28-18-17-26(19-29(28)38-25-9-5-6-10-25)39(34,35)27(20-30(32)31-33)16-13-22-11-14-24(15-12-22)37-21-23-7-3-2-4-8-23/h2-4,7-8,11-12,14-15,17-19,25,27,33H,5-6,9-10,13,16,20-21H2,1H3,(H,31,32). The SMILES string of the molecule is COc1ccc(S(=O)(=O)C(CCc2ccc(OCc3ccccc3)cc2)CC(=O)NO)cc1OC1CCCC1. The lowest BCUT2D eigenvalue weighted by molar-refractivity contribution is -0.129. The number of amides is 1. The summed E-state index contributed by atoms with van der Waals surface area (Å²) in [5.41, 5.74) is 3.54. The second-order valence-electron chi connectivity index (χ2n) is 9.70. The van der Waals surface area contributed by atoms with Gasteiger partial charge in [-0.2, -0.15) is 0 Å². The second kappa shape index (κ2) is 13.5. The van der Waals surface area contributed by atoms with Crippen molar-refractivity contribution in [3.63, 3.8) is 0 Å². The average molecular weight is 554 g/mol. The molecule has 1 fully saturated rings. The molecule has 0 radical (unpaired) electrons. The molecular weight excluding hydrogens is 518 g/mol. The fourth-order valence-electron chi connectivity index (χ4n) is 4.74. The highest BCUT2D eigenvalue weighted by Crippen LogP contribution is 2.35. The number of ether oxygens (including phenoxy) is 3. The van der Waals surface area contributed by atoms with Crippen molar-refractivity contribution in [2.75, 3.05) is 7.11 Å². The van der Waals surface area contributed by atoms with Crippen LogP contribution in [-0.4, -0.2) is 38.0 Å². The third-order valence-corrected chi connectivity index (χ3v) is 9.15. The van der Waals surface area contributed by atoms with Crippen molar-refractivity contribution in [2.24, 2.45) is 0 Å². The Labute approximate surface area is 229 Å². The molecule has 8 nitrogen and oxygen atoms in total. The van der Waals surface area contributed by atoms with Crippen LogP contribution in [0.5, 0.6) is 17.2 Å². The second-order valence-corrected chi connectivity index (χ2v) is 11.9. The lowest BCUT2D eigenvalue weighted by Gasteiger charge is -2.20. The summed E-state index contributed by atoms with van der Waals surface area (Å²) in [5.74, 6) is 0.783. The van der Waals surface area contributed by atoms with Crippen LogP contribution in [0.1, 0.15) is 49.7 Å². The van der Waals surface area contributed by atoms with Crippen molar-refractivity contribution in [3.05, 3.63) is 83.9 Å². The third-order valence-electron chi connectivity index (χ3n) is 6.96. The molecule has 0 spiro atoms. The van der Waals surface area contributed by atoms with Gasteiger partial charge in [0, 0.05) is 12.5 Å². The molecule has 1 aliphatic rings. The van der Waals surface area contributed by atoms with Gasteiger partial charge < -0.3 is 14.2 Å². The first-order valence-corrected chi connectivity index (χ1v) is 14.7. The summed E-state index contributed by atoms with van der Waals surface area (Å²) in [5, 5.41) is 8.05. The molecule has 1 saturated carbocycles. The first-order valence-electron chi connectivity index (χ1n) is 13.2. The largest absolute Gasteiger partial charge is 0.493 e. The van der Waals surface area contributed by atoms with Gasteiger partial charge in [-0.05, 0) is 73.9 Å². The van der Waals surface area contributed by atoms with Crippen LogP contribution in [-0.2, 0) is 27.7 Å². The maximum absolute atomic E-state index is 13.7. The minimum Gasteiger partial charge on any atom is -0.493 e. The summed E-state index contributed by atoms with van der Waals surface area (Å²) in [6, 6.07) is 21.8. The van der Waals surface area contributed by atoms with Gasteiger partial charge in [-0.25, -0.2) is 13.9 Å². The molecule has 1 atom stereocenters. The van der Waals surface area contributed by atoms with Gasteiger partial charge in [-0.15, -0.1) is 0 Å². The van der Waals surface area contributed by atoms with Crippen LogP contribution in [0.4, 0.5) is 0 Å². The number of rotatable bonds is 13. The van der Waals surface area contributed by atoms with Gasteiger partial charge >= 0.3 is 0 Å². The number of carbonyl (C=O) groups excluding carboxylic acids is 1. The quantitative estimate of drug-likeness (QED) is 0.219. The Hall–Kier alpha value is -3.56. The Morgan fingerprint density at radius 1 is 0.974 bits per heavy atom. The summed E-state index contributed by atoms with van der Waals surface area (Å²) in [6.45, 7) is 0.449. The Bertz CT molecular complexity index is 1320. The molecule has 3 aromatic carbocycles. The summed E-state index contributed by atoms with van der Waals surface area (Å²) in [4.78, 5) is 12.1. The van der Waals surface area contributed by atoms with Crippen LogP contribution >= 0.6 is 0 Å². The number of aryl methyl sites for hydroxylation is 1. The van der Waals surface area contributed by atoms with Gasteiger partial charge in [0.15, 0.2) is 21.3 Å². The van der Waals surface area contributed by atoms with E-state index >= 15 is 0 Å². The first kappa shape index (κ1) is 28.4. The Morgan fingerprint density at radius 3 is 2.36 bits per heavy atom. The van der Waals surface area contributed by atoms with Crippen molar-refractivity contribution >= 4 is 15.7 Å². The normalized spacial score (nSPS) is 14.5. The maximum atomic E-state index is 13.7. The van der Waals surface area contributed by atoms with Crippen molar-refractivity contribution in [2.45, 2.75) is 67.8 Å². The van der Waals surface area contributed by atoms with E-state index in [0.29, 0.717) is 30.3 Å². The van der Waals surface area contributed by atoms with E-state index in [-0.39, 0.29) is 23.8 Å². The lowest BCUT2D eigenvalue weighted by atomic mass is 10.1. The van der Waals surface area contributed by atoms with Gasteiger partial charge in [-0.3, -0.25) is 10.0 Å². The third kappa shape index (κ3) is 7.74. The molecule has 0 aromatic heterocycles. The Morgan fingerprint density at radius 2 is 1.69 bits per heavy atom. The Balaban J connectivity index is 1.47. The van der Waals surface area contributed by atoms with Gasteiger partial charge in [0.05, 0.1) is 23.4 Å². The molecule has 1 unspecified atom stereocenters. The van der Waals surface area contributed by atoms with Crippen LogP contribution in [0.3, 0.4) is 0 Å². The first-order chi connectivity index (χ1) is 18.9. The monoisotopic (exact) mass is 553 g/mol. The van der Waals surface area contributed by atoms with Crippen LogP contribution < -0.4 is 19.7 Å². The molecule has 1 amide bonds. The fraction of sp³-hybridized carbons (Fsp3) is 0.367. The minimum absolute atomic E-state index is 0.0208. The molecule has 39 heavy (non-hydrogen) atoms. The zero-order chi connectivity index (χ0) is 27.7. The fourth-order valence-corrected chi connectivity index (χ4v) is 6.46. The van der Waals surface area contributed by atoms with Crippen LogP contribution in [0.25, 0.3) is 0 Å². The zero-order valence-electron chi connectivity index (χ0n) is 22.0. The van der Waals surface area contributed by atoms with Crippen molar-refractivity contribution in [3.8, 4) is 17.2 Å². The van der Waals surface area contributed by atoms with E-state index in [1.165, 1.54) is 19.2 Å². The molecular formula is C30H35NO7S. The van der Waals surface area contributed by atoms with Crippen LogP contribution in [0.2, 0.25) is 0 Å². The van der Waals surface area contributed by atoms with Gasteiger partial charge in [0.25, 0.3) is 0 Å². The van der Waals surface area contributed by atoms with E-state index < -0.39 is 21.0 Å². The van der Waals surface area contributed by atoms with E-state index in [2.05, 4.69) is 0 Å². The van der Waals surface area contributed by atoms with E-state index in [9.17, 15) is 13.2 Å². The molecule has 208 valence electrons. The molecule has 0 bridgehead atoms. The maximum Gasteiger partial charge on any atom is 0.244 e. The number of sulfone groups is 1. The molecule has 4 rings (SSSR count). The van der Waals surface area contributed by atoms with Crippen molar-refractivity contribution in [1.29, 1.82) is 0 Å². The number of hydrogen-bond donors (Lipinski definition) is 2. The molecule has 2 N–H and O–H groups in total. The minimum atomic E-state index is -3.94. The molecule has 1 aliphatic carbocycles. The van der Waals surface area contributed by atoms with E-state index in [1.54, 1.807) is 11.5 Å². The van der Waals surface area contributed by atoms with Gasteiger partial charge in [0.2, 0.25) is 5.91 Å². The topological polar surface area (TPSA) is 111 Å². The number of nitrogens with one attached hydrogen (secondary N) is 1. The van der Waals surface area contributed by atoms with E-state index in [4.69, 9.17) is 19.4 Å². The molecule has 3 aromatic rings. The van der Waals surface area contributed by atoms with Crippen LogP contribution in [0.15, 0.2) is 77.7 Å². The van der Waals surface area contributed by atoms with Gasteiger partial charge in [0.1, 0.15) is 12.4 Å². The highest BCUT2D eigenvalue weighted by Gasteiger charge is 2.31. The number of benzene rings is 3. The summed E-state index contributed by atoms with van der Waals surface area (Å²) in [6.07, 6.45) is 4.22. The number of hydroxylamine groups is 1. The van der Waals surface area contributed by atoms with E-state index in [0.717, 1.165) is 36.8 Å². The Kier molecular flexibility index (Phi) is 9.84. The lowest BCUT2D eigenvalue weighted by Crippen LogP contribution is -2.30. The van der Waals surface area contributed by atoms with Gasteiger partial charge in [-0.1, -0.05) is 42.5 Å². The number of methoxy groups -OCH3 is 1. The molecule has 0 heterocycles. The van der Waals surface area contributed by atoms with Crippen molar-refractivity contribution in [1.82, 2.24) is 5.48 Å². The molecule has 0 saturated heterocycles. The van der Waals surface area contributed by atoms with E-state index in [1.807, 2.05) is 54.6 Å². The van der Waals surface area contributed by atoms with Crippen LogP contribution in [0, 0.1) is 0 Å². The predicted molar refractivity (Wildman–Crippen MR) is 147 cm³/mol. The highest BCUT2D eigenvalue weighted by atomic mass is 32.2. The molecule has 0 aliphatic heterocycles. The summed E-state index contributed by atoms with van der Waals surface area (Å²) in [7, 11) is -2.43. The number of carbonyl (C=O) groups is 1. The summed E-state index contributed by atoms with van der Waals surface area (Å²) < 4.78 is 44.7. The summed E-state index contributed by atoms with van der Waals surface area (Å²) >= 11 is 0.